The number of ether oxygens (including phenoxy) is 1. The Bertz CT molecular complexity index is 580. The van der Waals surface area contributed by atoms with Crippen molar-refractivity contribution in [2.75, 3.05) is 33.4 Å². The van der Waals surface area contributed by atoms with Gasteiger partial charge in [0.25, 0.3) is 0 Å². The molecule has 0 aromatic heterocycles. The molecular formula is C19H27FN2O2. The van der Waals surface area contributed by atoms with Crippen molar-refractivity contribution in [2.24, 2.45) is 11.3 Å². The molecule has 4 nitrogen and oxygen atoms in total. The molecule has 1 aliphatic carbocycles. The van der Waals surface area contributed by atoms with Gasteiger partial charge in [-0.25, -0.2) is 4.39 Å². The number of rotatable bonds is 6. The zero-order valence-electron chi connectivity index (χ0n) is 14.4. The Balaban J connectivity index is 1.62. The topological polar surface area (TPSA) is 41.6 Å². The zero-order valence-corrected chi connectivity index (χ0v) is 14.4. The SMILES string of the molecule is COCCNC(=O)[C@@H]1CCC[C@]12CCN(Cc1ccccc1F)C2. The van der Waals surface area contributed by atoms with Crippen molar-refractivity contribution in [3.63, 3.8) is 0 Å². The summed E-state index contributed by atoms with van der Waals surface area (Å²) < 4.78 is 18.9. The largest absolute Gasteiger partial charge is 0.383 e. The highest BCUT2D eigenvalue weighted by molar-refractivity contribution is 5.80. The zero-order chi connectivity index (χ0) is 17.0. The average molecular weight is 334 g/mol. The van der Waals surface area contributed by atoms with Crippen LogP contribution in [0.4, 0.5) is 4.39 Å². The van der Waals surface area contributed by atoms with Crippen LogP contribution in [0, 0.1) is 17.2 Å². The first-order valence-corrected chi connectivity index (χ1v) is 8.87. The lowest BCUT2D eigenvalue weighted by Gasteiger charge is -2.30. The maximum absolute atomic E-state index is 13.9. The summed E-state index contributed by atoms with van der Waals surface area (Å²) in [6.45, 7) is 3.58. The predicted molar refractivity (Wildman–Crippen MR) is 91.0 cm³/mol. The van der Waals surface area contributed by atoms with Crippen LogP contribution in [0.2, 0.25) is 0 Å². The lowest BCUT2D eigenvalue weighted by Crippen LogP contribution is -2.41. The second-order valence-electron chi connectivity index (χ2n) is 7.14. The quantitative estimate of drug-likeness (QED) is 0.813. The number of halogens is 1. The van der Waals surface area contributed by atoms with Gasteiger partial charge in [-0.05, 0) is 37.3 Å². The van der Waals surface area contributed by atoms with Crippen molar-refractivity contribution in [2.45, 2.75) is 32.2 Å². The van der Waals surface area contributed by atoms with E-state index in [1.807, 2.05) is 12.1 Å². The van der Waals surface area contributed by atoms with Gasteiger partial charge in [0.1, 0.15) is 5.82 Å². The Hall–Kier alpha value is -1.46. The van der Waals surface area contributed by atoms with Gasteiger partial charge in [-0.3, -0.25) is 9.69 Å². The summed E-state index contributed by atoms with van der Waals surface area (Å²) in [7, 11) is 1.64. The Kier molecular flexibility index (Phi) is 5.51. The number of likely N-dealkylation sites (tertiary alicyclic amines) is 1. The summed E-state index contributed by atoms with van der Waals surface area (Å²) in [6, 6.07) is 6.97. The number of benzene rings is 1. The normalized spacial score (nSPS) is 27.0. The van der Waals surface area contributed by atoms with E-state index in [2.05, 4.69) is 10.2 Å². The van der Waals surface area contributed by atoms with Crippen LogP contribution in [0.15, 0.2) is 24.3 Å². The molecule has 3 rings (SSSR count). The molecule has 1 heterocycles. The first-order chi connectivity index (χ1) is 11.6. The fourth-order valence-electron chi connectivity index (χ4n) is 4.42. The third-order valence-corrected chi connectivity index (χ3v) is 5.64. The van der Waals surface area contributed by atoms with Gasteiger partial charge in [0, 0.05) is 38.2 Å². The second-order valence-corrected chi connectivity index (χ2v) is 7.14. The van der Waals surface area contributed by atoms with Crippen molar-refractivity contribution in [1.82, 2.24) is 10.2 Å². The lowest BCUT2D eigenvalue weighted by molar-refractivity contribution is -0.128. The molecule has 5 heteroatoms. The minimum Gasteiger partial charge on any atom is -0.383 e. The van der Waals surface area contributed by atoms with Crippen LogP contribution in [-0.2, 0) is 16.1 Å². The van der Waals surface area contributed by atoms with Gasteiger partial charge in [0.2, 0.25) is 5.91 Å². The number of nitrogens with zero attached hydrogens (tertiary/aromatic N) is 1. The molecule has 24 heavy (non-hydrogen) atoms. The lowest BCUT2D eigenvalue weighted by atomic mass is 9.76. The van der Waals surface area contributed by atoms with Crippen molar-refractivity contribution in [1.29, 1.82) is 0 Å². The molecule has 1 saturated carbocycles. The summed E-state index contributed by atoms with van der Waals surface area (Å²) in [4.78, 5) is 14.9. The minimum absolute atomic E-state index is 0.0718. The molecule has 0 unspecified atom stereocenters. The van der Waals surface area contributed by atoms with E-state index in [0.717, 1.165) is 44.3 Å². The molecule has 2 atom stereocenters. The highest BCUT2D eigenvalue weighted by Gasteiger charge is 2.50. The maximum atomic E-state index is 13.9. The highest BCUT2D eigenvalue weighted by Crippen LogP contribution is 2.50. The molecule has 1 aliphatic heterocycles. The first kappa shape index (κ1) is 17.4. The molecular weight excluding hydrogens is 307 g/mol. The molecule has 2 aliphatic rings. The fraction of sp³-hybridized carbons (Fsp3) is 0.632. The van der Waals surface area contributed by atoms with Crippen LogP contribution in [0.25, 0.3) is 0 Å². The molecule has 0 bridgehead atoms. The Morgan fingerprint density at radius 2 is 2.25 bits per heavy atom. The Morgan fingerprint density at radius 3 is 3.04 bits per heavy atom. The fourth-order valence-corrected chi connectivity index (χ4v) is 4.42. The van der Waals surface area contributed by atoms with Crippen LogP contribution in [0.3, 0.4) is 0 Å². The number of carbonyl (C=O) groups excluding carboxylic acids is 1. The van der Waals surface area contributed by atoms with Crippen molar-refractivity contribution >= 4 is 5.91 Å². The molecule has 1 N–H and O–H groups in total. The van der Waals surface area contributed by atoms with Gasteiger partial charge in [0.05, 0.1) is 6.61 Å². The van der Waals surface area contributed by atoms with E-state index in [4.69, 9.17) is 4.74 Å². The molecule has 132 valence electrons. The summed E-state index contributed by atoms with van der Waals surface area (Å²) >= 11 is 0. The molecule has 1 spiro atoms. The number of hydrogen-bond donors (Lipinski definition) is 1. The van der Waals surface area contributed by atoms with Gasteiger partial charge in [-0.15, -0.1) is 0 Å². The third-order valence-electron chi connectivity index (χ3n) is 5.64. The number of methoxy groups -OCH3 is 1. The molecule has 1 aromatic rings. The molecule has 1 saturated heterocycles. The van der Waals surface area contributed by atoms with Crippen LogP contribution in [0.1, 0.15) is 31.2 Å². The summed E-state index contributed by atoms with van der Waals surface area (Å²) in [6.07, 6.45) is 4.20. The smallest absolute Gasteiger partial charge is 0.223 e. The standard InChI is InChI=1S/C19H27FN2O2/c1-24-12-10-21-18(23)16-6-4-8-19(16)9-11-22(14-19)13-15-5-2-3-7-17(15)20/h2-3,5,7,16H,4,6,8-14H2,1H3,(H,21,23)/t16-,19+/m0/s1. The van der Waals surface area contributed by atoms with Crippen LogP contribution in [-0.4, -0.2) is 44.2 Å². The van der Waals surface area contributed by atoms with E-state index in [9.17, 15) is 9.18 Å². The van der Waals surface area contributed by atoms with Gasteiger partial charge in [0.15, 0.2) is 0 Å². The van der Waals surface area contributed by atoms with Gasteiger partial charge >= 0.3 is 0 Å². The molecule has 1 aromatic carbocycles. The van der Waals surface area contributed by atoms with E-state index < -0.39 is 0 Å². The Labute approximate surface area is 143 Å². The third kappa shape index (κ3) is 3.62. The van der Waals surface area contributed by atoms with Gasteiger partial charge in [-0.1, -0.05) is 24.6 Å². The number of amides is 1. The second kappa shape index (κ2) is 7.62. The highest BCUT2D eigenvalue weighted by atomic mass is 19.1. The van der Waals surface area contributed by atoms with Gasteiger partial charge in [-0.2, -0.15) is 0 Å². The number of carbonyl (C=O) groups is 1. The van der Waals surface area contributed by atoms with E-state index in [-0.39, 0.29) is 23.1 Å². The number of nitrogens with one attached hydrogen (secondary N) is 1. The summed E-state index contributed by atoms with van der Waals surface area (Å²) in [5.41, 5.74) is 0.816. The van der Waals surface area contributed by atoms with Crippen LogP contribution < -0.4 is 5.32 Å². The molecule has 2 fully saturated rings. The van der Waals surface area contributed by atoms with E-state index in [1.54, 1.807) is 13.2 Å². The first-order valence-electron chi connectivity index (χ1n) is 8.87. The predicted octanol–water partition coefficient (Wildman–Crippen LogP) is 2.58. The van der Waals surface area contributed by atoms with Crippen molar-refractivity contribution in [3.8, 4) is 0 Å². The maximum Gasteiger partial charge on any atom is 0.223 e. The van der Waals surface area contributed by atoms with Crippen LogP contribution >= 0.6 is 0 Å². The molecule has 1 amide bonds. The van der Waals surface area contributed by atoms with Gasteiger partial charge < -0.3 is 10.1 Å². The van der Waals surface area contributed by atoms with E-state index in [1.165, 1.54) is 6.07 Å². The van der Waals surface area contributed by atoms with Crippen molar-refractivity contribution in [3.05, 3.63) is 35.6 Å². The van der Waals surface area contributed by atoms with Crippen LogP contribution in [0.5, 0.6) is 0 Å². The minimum atomic E-state index is -0.140. The average Bonchev–Trinajstić information content (AvgIpc) is 3.17. The monoisotopic (exact) mass is 334 g/mol. The summed E-state index contributed by atoms with van der Waals surface area (Å²) in [5.74, 6) is 0.107. The van der Waals surface area contributed by atoms with Crippen molar-refractivity contribution < 1.29 is 13.9 Å². The molecule has 0 radical (unpaired) electrons. The summed E-state index contributed by atoms with van der Waals surface area (Å²) in [5, 5.41) is 3.01. The van der Waals surface area contributed by atoms with E-state index in [0.29, 0.717) is 19.7 Å². The number of hydrogen-bond acceptors (Lipinski definition) is 3. The van der Waals surface area contributed by atoms with E-state index >= 15 is 0 Å². The Morgan fingerprint density at radius 1 is 1.42 bits per heavy atom.